The van der Waals surface area contributed by atoms with Gasteiger partial charge in [-0.05, 0) is 41.5 Å². The molecule has 0 bridgehead atoms. The van der Waals surface area contributed by atoms with Crippen LogP contribution in [0.1, 0.15) is 57.2 Å². The van der Waals surface area contributed by atoms with Gasteiger partial charge in [-0.3, -0.25) is 0 Å². The fourth-order valence-electron chi connectivity index (χ4n) is 3.12. The van der Waals surface area contributed by atoms with Crippen LogP contribution in [-0.2, 0) is 15.4 Å². The minimum absolute atomic E-state index is 0.0269. The van der Waals surface area contributed by atoms with E-state index in [1.54, 1.807) is 7.05 Å². The van der Waals surface area contributed by atoms with Gasteiger partial charge < -0.3 is 4.74 Å². The monoisotopic (exact) mass is 325 g/mol. The second-order valence-corrected chi connectivity index (χ2v) is 8.88. The highest BCUT2D eigenvalue weighted by Crippen LogP contribution is 2.48. The first-order chi connectivity index (χ1) is 10.2. The van der Waals surface area contributed by atoms with Crippen LogP contribution >= 0.6 is 0 Å². The Morgan fingerprint density at radius 3 is 2.64 bits per heavy atom. The van der Waals surface area contributed by atoms with Crippen molar-refractivity contribution in [1.29, 1.82) is 0 Å². The van der Waals surface area contributed by atoms with Gasteiger partial charge >= 0.3 is 0 Å². The lowest BCUT2D eigenvalue weighted by atomic mass is 9.86. The summed E-state index contributed by atoms with van der Waals surface area (Å²) in [5, 5.41) is 0. The average molecular weight is 325 g/mol. The first-order valence-corrected chi connectivity index (χ1v) is 9.72. The van der Waals surface area contributed by atoms with Gasteiger partial charge in [-0.1, -0.05) is 33.3 Å². The zero-order valence-electron chi connectivity index (χ0n) is 14.2. The minimum atomic E-state index is -3.22. The standard InChI is InChI=1S/C17H27NO3S/c1-6-7-10-21-13-8-9-15-14(11-13)16(12-17(15,2)3)18(4)22(5,19)20/h8-9,11,16H,6-7,10,12H2,1-5H3. The van der Waals surface area contributed by atoms with Crippen LogP contribution in [0.3, 0.4) is 0 Å². The van der Waals surface area contributed by atoms with Gasteiger partial charge in [-0.15, -0.1) is 0 Å². The van der Waals surface area contributed by atoms with Crippen LogP contribution in [0, 0.1) is 0 Å². The summed E-state index contributed by atoms with van der Waals surface area (Å²) < 4.78 is 31.1. The van der Waals surface area contributed by atoms with Crippen molar-refractivity contribution in [2.24, 2.45) is 0 Å². The minimum Gasteiger partial charge on any atom is -0.494 e. The molecular weight excluding hydrogens is 298 g/mol. The molecule has 0 fully saturated rings. The van der Waals surface area contributed by atoms with Gasteiger partial charge in [-0.25, -0.2) is 8.42 Å². The van der Waals surface area contributed by atoms with Crippen molar-refractivity contribution >= 4 is 10.0 Å². The predicted octanol–water partition coefficient (Wildman–Crippen LogP) is 3.48. The van der Waals surface area contributed by atoms with E-state index < -0.39 is 10.0 Å². The van der Waals surface area contributed by atoms with Crippen LogP contribution in [0.2, 0.25) is 0 Å². The molecule has 1 atom stereocenters. The number of rotatable bonds is 6. The third kappa shape index (κ3) is 3.46. The third-order valence-electron chi connectivity index (χ3n) is 4.54. The summed E-state index contributed by atoms with van der Waals surface area (Å²) in [6.45, 7) is 7.16. The number of nitrogens with zero attached hydrogens (tertiary/aromatic N) is 1. The molecule has 0 aliphatic heterocycles. The van der Waals surface area contributed by atoms with E-state index in [4.69, 9.17) is 4.74 Å². The lowest BCUT2D eigenvalue weighted by Crippen LogP contribution is -2.30. The molecule has 0 aromatic heterocycles. The molecule has 0 N–H and O–H groups in total. The molecule has 0 saturated carbocycles. The number of unbranched alkanes of at least 4 members (excludes halogenated alkanes) is 1. The highest BCUT2D eigenvalue weighted by atomic mass is 32.2. The van der Waals surface area contributed by atoms with Gasteiger partial charge in [0.15, 0.2) is 0 Å². The first-order valence-electron chi connectivity index (χ1n) is 7.87. The Kier molecular flexibility index (Phi) is 4.87. The summed E-state index contributed by atoms with van der Waals surface area (Å²) in [6, 6.07) is 5.99. The smallest absolute Gasteiger partial charge is 0.211 e. The second kappa shape index (κ2) is 6.20. The molecule has 2 rings (SSSR count). The highest BCUT2D eigenvalue weighted by molar-refractivity contribution is 7.88. The van der Waals surface area contributed by atoms with Gasteiger partial charge in [0.25, 0.3) is 0 Å². The van der Waals surface area contributed by atoms with Crippen LogP contribution in [0.4, 0.5) is 0 Å². The fourth-order valence-corrected chi connectivity index (χ4v) is 3.77. The van der Waals surface area contributed by atoms with E-state index in [1.807, 2.05) is 12.1 Å². The van der Waals surface area contributed by atoms with Gasteiger partial charge in [-0.2, -0.15) is 4.31 Å². The van der Waals surface area contributed by atoms with Crippen molar-refractivity contribution in [3.8, 4) is 5.75 Å². The van der Waals surface area contributed by atoms with E-state index in [-0.39, 0.29) is 11.5 Å². The molecule has 0 amide bonds. The largest absolute Gasteiger partial charge is 0.494 e. The maximum absolute atomic E-state index is 11.9. The Morgan fingerprint density at radius 2 is 2.05 bits per heavy atom. The Morgan fingerprint density at radius 1 is 1.36 bits per heavy atom. The quantitative estimate of drug-likeness (QED) is 0.752. The van der Waals surface area contributed by atoms with Crippen LogP contribution in [-0.4, -0.2) is 32.6 Å². The SMILES string of the molecule is CCCCOc1ccc2c(c1)C(N(C)S(C)(=O)=O)CC2(C)C. The Balaban J connectivity index is 2.35. The van der Waals surface area contributed by atoms with Crippen molar-refractivity contribution in [2.45, 2.75) is 51.5 Å². The van der Waals surface area contributed by atoms with Crippen molar-refractivity contribution in [3.05, 3.63) is 29.3 Å². The Hall–Kier alpha value is -1.07. The molecule has 4 nitrogen and oxygen atoms in total. The molecule has 1 unspecified atom stereocenters. The normalized spacial score (nSPS) is 20.2. The van der Waals surface area contributed by atoms with Crippen LogP contribution < -0.4 is 4.74 Å². The van der Waals surface area contributed by atoms with E-state index >= 15 is 0 Å². The molecule has 0 saturated heterocycles. The highest BCUT2D eigenvalue weighted by Gasteiger charge is 2.41. The number of hydrogen-bond donors (Lipinski definition) is 0. The molecule has 0 spiro atoms. The average Bonchev–Trinajstić information content (AvgIpc) is 2.69. The molecule has 5 heteroatoms. The van der Waals surface area contributed by atoms with Crippen LogP contribution in [0.15, 0.2) is 18.2 Å². The summed E-state index contributed by atoms with van der Waals surface area (Å²) in [5.41, 5.74) is 2.27. The van der Waals surface area contributed by atoms with Gasteiger partial charge in [0, 0.05) is 7.05 Å². The van der Waals surface area contributed by atoms with Crippen LogP contribution in [0.5, 0.6) is 5.75 Å². The Labute approximate surface area is 134 Å². The summed E-state index contributed by atoms with van der Waals surface area (Å²) >= 11 is 0. The van der Waals surface area contributed by atoms with E-state index in [0.717, 1.165) is 30.6 Å². The summed E-state index contributed by atoms with van der Waals surface area (Å²) in [6.07, 6.45) is 4.18. The lowest BCUT2D eigenvalue weighted by molar-refractivity contribution is 0.307. The van der Waals surface area contributed by atoms with Gasteiger partial charge in [0.05, 0.1) is 18.9 Å². The maximum Gasteiger partial charge on any atom is 0.211 e. The van der Waals surface area contributed by atoms with Crippen molar-refractivity contribution < 1.29 is 13.2 Å². The van der Waals surface area contributed by atoms with E-state index in [9.17, 15) is 8.42 Å². The molecule has 0 heterocycles. The molecule has 1 aromatic carbocycles. The first kappa shape index (κ1) is 17.3. The number of fused-ring (bicyclic) bond motifs is 1. The molecule has 1 aromatic rings. The predicted molar refractivity (Wildman–Crippen MR) is 89.8 cm³/mol. The van der Waals surface area contributed by atoms with E-state index in [2.05, 4.69) is 26.8 Å². The summed E-state index contributed by atoms with van der Waals surface area (Å²) in [5.74, 6) is 0.830. The van der Waals surface area contributed by atoms with E-state index in [1.165, 1.54) is 16.1 Å². The van der Waals surface area contributed by atoms with Crippen molar-refractivity contribution in [2.75, 3.05) is 19.9 Å². The number of ether oxygens (including phenoxy) is 1. The number of sulfonamides is 1. The Bertz CT molecular complexity index is 637. The van der Waals surface area contributed by atoms with Gasteiger partial charge in [0.2, 0.25) is 10.0 Å². The molecule has 1 aliphatic carbocycles. The topological polar surface area (TPSA) is 46.6 Å². The third-order valence-corrected chi connectivity index (χ3v) is 5.84. The summed E-state index contributed by atoms with van der Waals surface area (Å²) in [7, 11) is -1.56. The van der Waals surface area contributed by atoms with Crippen molar-refractivity contribution in [1.82, 2.24) is 4.31 Å². The number of benzene rings is 1. The molecule has 0 radical (unpaired) electrons. The van der Waals surface area contributed by atoms with Crippen LogP contribution in [0.25, 0.3) is 0 Å². The number of hydrogen-bond acceptors (Lipinski definition) is 3. The molecule has 1 aliphatic rings. The molecule has 124 valence electrons. The lowest BCUT2D eigenvalue weighted by Gasteiger charge is -2.24. The molecule has 22 heavy (non-hydrogen) atoms. The van der Waals surface area contributed by atoms with E-state index in [0.29, 0.717) is 6.61 Å². The molecular formula is C17H27NO3S. The van der Waals surface area contributed by atoms with Gasteiger partial charge in [0.1, 0.15) is 5.75 Å². The second-order valence-electron chi connectivity index (χ2n) is 6.83. The zero-order valence-corrected chi connectivity index (χ0v) is 15.0. The fraction of sp³-hybridized carbons (Fsp3) is 0.647. The summed E-state index contributed by atoms with van der Waals surface area (Å²) in [4.78, 5) is 0. The zero-order chi connectivity index (χ0) is 16.5. The maximum atomic E-state index is 11.9. The van der Waals surface area contributed by atoms with Crippen molar-refractivity contribution in [3.63, 3.8) is 0 Å².